The second-order valence-corrected chi connectivity index (χ2v) is 6.96. The summed E-state index contributed by atoms with van der Waals surface area (Å²) in [7, 11) is 1.66. The molecule has 0 aliphatic heterocycles. The van der Waals surface area contributed by atoms with E-state index in [9.17, 15) is 0 Å². The van der Waals surface area contributed by atoms with Gasteiger partial charge in [-0.05, 0) is 48.5 Å². The van der Waals surface area contributed by atoms with Gasteiger partial charge < -0.3 is 14.8 Å². The molecule has 1 aromatic rings. The van der Waals surface area contributed by atoms with Crippen LogP contribution in [0.2, 0.25) is 5.02 Å². The summed E-state index contributed by atoms with van der Waals surface area (Å²) in [5.41, 5.74) is 1.14. The fourth-order valence-electron chi connectivity index (χ4n) is 2.04. The lowest BCUT2D eigenvalue weighted by molar-refractivity contribution is 0.295. The molecule has 1 fully saturated rings. The molecule has 0 spiro atoms. The second-order valence-electron chi connectivity index (χ2n) is 5.16. The molecule has 118 valence electrons. The van der Waals surface area contributed by atoms with Crippen LogP contribution in [-0.4, -0.2) is 31.3 Å². The lowest BCUT2D eigenvalue weighted by Crippen LogP contribution is -2.15. The van der Waals surface area contributed by atoms with Crippen LogP contribution in [0.1, 0.15) is 31.7 Å². The lowest BCUT2D eigenvalue weighted by atomic mass is 10.2. The first kappa shape index (κ1) is 16.8. The lowest BCUT2D eigenvalue weighted by Gasteiger charge is -2.14. The van der Waals surface area contributed by atoms with Gasteiger partial charge in [0.05, 0.1) is 18.7 Å². The first-order valence-corrected chi connectivity index (χ1v) is 9.08. The van der Waals surface area contributed by atoms with Gasteiger partial charge in [0.25, 0.3) is 0 Å². The van der Waals surface area contributed by atoms with E-state index in [1.165, 1.54) is 12.8 Å². The van der Waals surface area contributed by atoms with Crippen LogP contribution in [0.3, 0.4) is 0 Å². The molecule has 0 unspecified atom stereocenters. The van der Waals surface area contributed by atoms with Gasteiger partial charge in [0.15, 0.2) is 11.5 Å². The maximum absolute atomic E-state index is 6.35. The Balaban J connectivity index is 1.91. The number of hydrogen-bond donors (Lipinski definition) is 1. The number of hydrogen-bond acceptors (Lipinski definition) is 4. The van der Waals surface area contributed by atoms with Gasteiger partial charge in [0, 0.05) is 12.6 Å². The Labute approximate surface area is 136 Å². The Morgan fingerprint density at radius 1 is 1.38 bits per heavy atom. The molecule has 3 nitrogen and oxygen atoms in total. The third-order valence-electron chi connectivity index (χ3n) is 3.34. The summed E-state index contributed by atoms with van der Waals surface area (Å²) in [5.74, 6) is 3.64. The number of halogens is 1. The molecule has 1 aliphatic carbocycles. The molecule has 0 amide bonds. The molecule has 2 rings (SSSR count). The maximum Gasteiger partial charge on any atom is 0.179 e. The van der Waals surface area contributed by atoms with Crippen LogP contribution in [0.15, 0.2) is 12.1 Å². The first-order valence-electron chi connectivity index (χ1n) is 7.55. The van der Waals surface area contributed by atoms with Crippen LogP contribution in [0.5, 0.6) is 11.5 Å². The van der Waals surface area contributed by atoms with Gasteiger partial charge in [-0.25, -0.2) is 0 Å². The average Bonchev–Trinajstić information content (AvgIpc) is 3.30. The smallest absolute Gasteiger partial charge is 0.179 e. The van der Waals surface area contributed by atoms with Crippen LogP contribution in [0.4, 0.5) is 0 Å². The molecule has 1 N–H and O–H groups in total. The standard InChI is InChI=1S/C16H24ClNO2S/c1-3-21-8-4-7-20-16-14(17)9-12(10-15(16)19-2)11-18-13-5-6-13/h9-10,13,18H,3-8,11H2,1-2H3. The summed E-state index contributed by atoms with van der Waals surface area (Å²) in [4.78, 5) is 0. The third kappa shape index (κ3) is 5.61. The van der Waals surface area contributed by atoms with E-state index >= 15 is 0 Å². The number of nitrogens with one attached hydrogen (secondary N) is 1. The molecule has 0 saturated heterocycles. The van der Waals surface area contributed by atoms with E-state index < -0.39 is 0 Å². The van der Waals surface area contributed by atoms with E-state index in [0.29, 0.717) is 23.4 Å². The van der Waals surface area contributed by atoms with Crippen LogP contribution < -0.4 is 14.8 Å². The zero-order valence-corrected chi connectivity index (χ0v) is 14.4. The minimum absolute atomic E-state index is 0.630. The molecule has 21 heavy (non-hydrogen) atoms. The largest absolute Gasteiger partial charge is 0.493 e. The molecule has 1 aromatic carbocycles. The third-order valence-corrected chi connectivity index (χ3v) is 4.61. The van der Waals surface area contributed by atoms with E-state index in [4.69, 9.17) is 21.1 Å². The number of rotatable bonds is 10. The van der Waals surface area contributed by atoms with Crippen molar-refractivity contribution in [3.63, 3.8) is 0 Å². The van der Waals surface area contributed by atoms with Gasteiger partial charge in [0.2, 0.25) is 0 Å². The van der Waals surface area contributed by atoms with Crippen molar-refractivity contribution in [2.45, 2.75) is 38.8 Å². The highest BCUT2D eigenvalue weighted by molar-refractivity contribution is 7.99. The van der Waals surface area contributed by atoms with Gasteiger partial charge in [-0.3, -0.25) is 0 Å². The predicted octanol–water partition coefficient (Wildman–Crippen LogP) is 4.12. The van der Waals surface area contributed by atoms with Crippen molar-refractivity contribution in [1.29, 1.82) is 0 Å². The zero-order valence-electron chi connectivity index (χ0n) is 12.8. The first-order chi connectivity index (χ1) is 10.2. The molecule has 1 aliphatic rings. The average molecular weight is 330 g/mol. The van der Waals surface area contributed by atoms with Crippen molar-refractivity contribution in [1.82, 2.24) is 5.32 Å². The van der Waals surface area contributed by atoms with Crippen molar-refractivity contribution in [2.75, 3.05) is 25.2 Å². The Bertz CT molecular complexity index is 452. The van der Waals surface area contributed by atoms with Gasteiger partial charge in [-0.2, -0.15) is 11.8 Å². The monoisotopic (exact) mass is 329 g/mol. The minimum Gasteiger partial charge on any atom is -0.493 e. The summed E-state index contributed by atoms with van der Waals surface area (Å²) in [5, 5.41) is 4.11. The van der Waals surface area contributed by atoms with Gasteiger partial charge >= 0.3 is 0 Å². The van der Waals surface area contributed by atoms with Crippen molar-refractivity contribution < 1.29 is 9.47 Å². The van der Waals surface area contributed by atoms with E-state index in [1.807, 2.05) is 23.9 Å². The van der Waals surface area contributed by atoms with Crippen molar-refractivity contribution in [3.8, 4) is 11.5 Å². The highest BCUT2D eigenvalue weighted by Crippen LogP contribution is 2.36. The van der Waals surface area contributed by atoms with Crippen molar-refractivity contribution >= 4 is 23.4 Å². The van der Waals surface area contributed by atoms with Crippen molar-refractivity contribution in [2.24, 2.45) is 0 Å². The van der Waals surface area contributed by atoms with Crippen LogP contribution in [-0.2, 0) is 6.54 Å². The summed E-state index contributed by atoms with van der Waals surface area (Å²) in [6, 6.07) is 4.66. The molecule has 0 aromatic heterocycles. The molecule has 0 bridgehead atoms. The normalized spacial score (nSPS) is 14.2. The van der Waals surface area contributed by atoms with Crippen LogP contribution >= 0.6 is 23.4 Å². The van der Waals surface area contributed by atoms with E-state index in [-0.39, 0.29) is 0 Å². The molecule has 1 saturated carbocycles. The van der Waals surface area contributed by atoms with E-state index in [2.05, 4.69) is 12.2 Å². The maximum atomic E-state index is 6.35. The molecule has 5 heteroatoms. The second kappa shape index (κ2) is 8.76. The molecule has 0 radical (unpaired) electrons. The highest BCUT2D eigenvalue weighted by Gasteiger charge is 2.20. The number of thioether (sulfide) groups is 1. The van der Waals surface area contributed by atoms with Gasteiger partial charge in [-0.15, -0.1) is 0 Å². The quantitative estimate of drug-likeness (QED) is 0.654. The Hall–Kier alpha value is -0.580. The van der Waals surface area contributed by atoms with E-state index in [1.54, 1.807) is 7.11 Å². The summed E-state index contributed by atoms with van der Waals surface area (Å²) >= 11 is 8.27. The van der Waals surface area contributed by atoms with Gasteiger partial charge in [-0.1, -0.05) is 18.5 Å². The topological polar surface area (TPSA) is 30.5 Å². The Kier molecular flexibility index (Phi) is 7.00. The summed E-state index contributed by atoms with van der Waals surface area (Å²) in [6.45, 7) is 3.66. The summed E-state index contributed by atoms with van der Waals surface area (Å²) in [6.07, 6.45) is 3.58. The number of benzene rings is 1. The Morgan fingerprint density at radius 3 is 2.86 bits per heavy atom. The fourth-order valence-corrected chi connectivity index (χ4v) is 2.94. The zero-order chi connectivity index (χ0) is 15.1. The highest BCUT2D eigenvalue weighted by atomic mass is 35.5. The van der Waals surface area contributed by atoms with E-state index in [0.717, 1.165) is 35.8 Å². The molecular formula is C16H24ClNO2S. The molecule has 0 atom stereocenters. The Morgan fingerprint density at radius 2 is 2.19 bits per heavy atom. The summed E-state index contributed by atoms with van der Waals surface area (Å²) < 4.78 is 11.2. The van der Waals surface area contributed by atoms with Crippen LogP contribution in [0, 0.1) is 0 Å². The van der Waals surface area contributed by atoms with Gasteiger partial charge in [0.1, 0.15) is 0 Å². The fraction of sp³-hybridized carbons (Fsp3) is 0.625. The number of methoxy groups -OCH3 is 1. The molecular weight excluding hydrogens is 306 g/mol. The van der Waals surface area contributed by atoms with Crippen LogP contribution in [0.25, 0.3) is 0 Å². The number of ether oxygens (including phenoxy) is 2. The molecule has 0 heterocycles. The minimum atomic E-state index is 0.630. The van der Waals surface area contributed by atoms with Crippen molar-refractivity contribution in [3.05, 3.63) is 22.7 Å². The SMILES string of the molecule is CCSCCCOc1c(Cl)cc(CNC2CC2)cc1OC. The predicted molar refractivity (Wildman–Crippen MR) is 91.0 cm³/mol.